The van der Waals surface area contributed by atoms with Crippen molar-refractivity contribution in [3.05, 3.63) is 38.3 Å². The van der Waals surface area contributed by atoms with Crippen molar-refractivity contribution >= 4 is 34.0 Å². The van der Waals surface area contributed by atoms with Crippen LogP contribution in [-0.2, 0) is 4.74 Å². The highest BCUT2D eigenvalue weighted by atomic mass is 32.2. The van der Waals surface area contributed by atoms with E-state index in [9.17, 15) is 4.79 Å². The summed E-state index contributed by atoms with van der Waals surface area (Å²) in [5.41, 5.74) is 1.77. The Balaban J connectivity index is 1.80. The Bertz CT molecular complexity index is 833. The number of thiophene rings is 1. The van der Waals surface area contributed by atoms with Gasteiger partial charge < -0.3 is 4.74 Å². The highest BCUT2D eigenvalue weighted by Crippen LogP contribution is 2.45. The number of ether oxygens (including phenoxy) is 1. The van der Waals surface area contributed by atoms with E-state index in [4.69, 9.17) is 9.73 Å². The minimum atomic E-state index is -0.175. The molecule has 24 heavy (non-hydrogen) atoms. The molecule has 2 aromatic rings. The van der Waals surface area contributed by atoms with Crippen LogP contribution in [0, 0.1) is 0 Å². The summed E-state index contributed by atoms with van der Waals surface area (Å²) in [5, 5.41) is 8.27. The molecule has 4 rings (SSSR count). The van der Waals surface area contributed by atoms with E-state index in [1.807, 2.05) is 11.6 Å². The van der Waals surface area contributed by atoms with Gasteiger partial charge in [0.15, 0.2) is 5.82 Å². The normalized spacial score (nSPS) is 26.0. The van der Waals surface area contributed by atoms with Gasteiger partial charge >= 0.3 is 0 Å². The van der Waals surface area contributed by atoms with Gasteiger partial charge in [-0.2, -0.15) is 11.3 Å². The van der Waals surface area contributed by atoms with E-state index in [2.05, 4.69) is 35.8 Å². The number of nitrogens with one attached hydrogen (secondary N) is 1. The minimum Gasteiger partial charge on any atom is -0.375 e. The second-order valence-corrected chi connectivity index (χ2v) is 9.07. The quantitative estimate of drug-likeness (QED) is 0.867. The molecule has 0 saturated carbocycles. The van der Waals surface area contributed by atoms with Crippen molar-refractivity contribution in [2.75, 3.05) is 6.61 Å². The molecule has 0 radical (unpaired) electrons. The van der Waals surface area contributed by atoms with Gasteiger partial charge in [-0.15, -0.1) is 0 Å². The number of hydrogen-bond acceptors (Lipinski definition) is 5. The van der Waals surface area contributed by atoms with Crippen LogP contribution in [0.1, 0.15) is 56.0 Å². The maximum atomic E-state index is 12.7. The molecule has 0 unspecified atom stereocenters. The number of thioether (sulfide) groups is 1. The fourth-order valence-corrected chi connectivity index (χ4v) is 5.42. The van der Waals surface area contributed by atoms with Gasteiger partial charge in [0, 0.05) is 6.61 Å². The first kappa shape index (κ1) is 16.2. The predicted molar refractivity (Wildman–Crippen MR) is 99.9 cm³/mol. The lowest BCUT2D eigenvalue weighted by atomic mass is 9.94. The van der Waals surface area contributed by atoms with Crippen LogP contribution in [0.15, 0.2) is 26.6 Å². The van der Waals surface area contributed by atoms with Crippen molar-refractivity contribution < 1.29 is 4.74 Å². The molecule has 1 fully saturated rings. The van der Waals surface area contributed by atoms with Crippen LogP contribution in [0.5, 0.6) is 0 Å². The summed E-state index contributed by atoms with van der Waals surface area (Å²) in [6, 6.07) is 2.31. The monoisotopic (exact) mass is 363 g/mol. The summed E-state index contributed by atoms with van der Waals surface area (Å²) in [4.78, 5) is 17.4. The number of nitrogens with zero attached hydrogens (tertiary/aromatic N) is 2. The van der Waals surface area contributed by atoms with Crippen molar-refractivity contribution in [2.24, 2.45) is 4.99 Å². The maximum absolute atomic E-state index is 12.7. The molecule has 0 aliphatic carbocycles. The third kappa shape index (κ3) is 2.78. The molecule has 0 amide bonds. The summed E-state index contributed by atoms with van der Waals surface area (Å²) >= 11 is 3.32. The fraction of sp³-hybridized carbons (Fsp3) is 0.529. The molecule has 0 bridgehead atoms. The van der Waals surface area contributed by atoms with E-state index in [1.165, 1.54) is 5.56 Å². The van der Waals surface area contributed by atoms with Crippen LogP contribution in [0.3, 0.4) is 0 Å². The lowest BCUT2D eigenvalue weighted by Gasteiger charge is -2.36. The molecular weight excluding hydrogens is 342 g/mol. The van der Waals surface area contributed by atoms with Gasteiger partial charge in [0.05, 0.1) is 27.5 Å². The second-order valence-electron chi connectivity index (χ2n) is 6.99. The molecule has 2 aliphatic rings. The van der Waals surface area contributed by atoms with Crippen molar-refractivity contribution in [1.82, 2.24) is 9.78 Å². The number of fused-ring (bicyclic) bond motifs is 1. The smallest absolute Gasteiger partial charge is 0.271 e. The van der Waals surface area contributed by atoms with E-state index in [0.29, 0.717) is 6.61 Å². The molecule has 2 aromatic heterocycles. The highest BCUT2D eigenvalue weighted by Gasteiger charge is 2.35. The van der Waals surface area contributed by atoms with Crippen LogP contribution >= 0.6 is 23.1 Å². The standard InChI is InChI=1S/C17H21N3O2S2/c1-10-18-15-13(14(24-10)11-5-7-23-9-11)16(21)19-20(15)12-4-6-22-17(2,3)8-12/h5,7,9,12,14H,4,6,8H2,1-3H3,(H,19,21)/t12-,14+/m1/s1. The maximum Gasteiger partial charge on any atom is 0.271 e. The van der Waals surface area contributed by atoms with Crippen molar-refractivity contribution in [2.45, 2.75) is 50.5 Å². The zero-order valence-corrected chi connectivity index (χ0v) is 15.7. The number of hydrogen-bond donors (Lipinski definition) is 1. The number of rotatable bonds is 2. The predicted octanol–water partition coefficient (Wildman–Crippen LogP) is 4.25. The largest absolute Gasteiger partial charge is 0.375 e. The molecule has 7 heteroatoms. The Morgan fingerprint density at radius 1 is 1.46 bits per heavy atom. The summed E-state index contributed by atoms with van der Waals surface area (Å²) in [6.45, 7) is 6.93. The lowest BCUT2D eigenvalue weighted by molar-refractivity contribution is -0.0705. The Morgan fingerprint density at radius 3 is 3.00 bits per heavy atom. The molecule has 128 valence electrons. The van der Waals surface area contributed by atoms with E-state index >= 15 is 0 Å². The first-order valence-electron chi connectivity index (χ1n) is 8.17. The molecular formula is C17H21N3O2S2. The van der Waals surface area contributed by atoms with Gasteiger partial charge in [-0.1, -0.05) is 11.8 Å². The second kappa shape index (κ2) is 5.89. The third-order valence-corrected chi connectivity index (χ3v) is 6.51. The van der Waals surface area contributed by atoms with Gasteiger partial charge in [-0.3, -0.25) is 14.6 Å². The number of H-pyrrole nitrogens is 1. The zero-order valence-electron chi connectivity index (χ0n) is 14.0. The van der Waals surface area contributed by atoms with E-state index in [-0.39, 0.29) is 22.5 Å². The van der Waals surface area contributed by atoms with Crippen LogP contribution in [0.25, 0.3) is 0 Å². The van der Waals surface area contributed by atoms with E-state index < -0.39 is 0 Å². The van der Waals surface area contributed by atoms with E-state index in [1.54, 1.807) is 23.1 Å². The van der Waals surface area contributed by atoms with Gasteiger partial charge in [0.2, 0.25) is 0 Å². The highest BCUT2D eigenvalue weighted by molar-refractivity contribution is 8.14. The molecule has 0 aromatic carbocycles. The van der Waals surface area contributed by atoms with Crippen molar-refractivity contribution in [3.63, 3.8) is 0 Å². The molecule has 2 aliphatic heterocycles. The molecule has 4 heterocycles. The first-order chi connectivity index (χ1) is 11.4. The average molecular weight is 364 g/mol. The van der Waals surface area contributed by atoms with Crippen molar-refractivity contribution in [1.29, 1.82) is 0 Å². The average Bonchev–Trinajstić information content (AvgIpc) is 3.14. The summed E-state index contributed by atoms with van der Waals surface area (Å²) < 4.78 is 7.82. The topological polar surface area (TPSA) is 59.4 Å². The lowest BCUT2D eigenvalue weighted by Crippen LogP contribution is -2.35. The third-order valence-electron chi connectivity index (χ3n) is 4.63. The van der Waals surface area contributed by atoms with Crippen LogP contribution in [0.4, 0.5) is 5.82 Å². The van der Waals surface area contributed by atoms with Crippen LogP contribution in [0.2, 0.25) is 0 Å². The molecule has 1 N–H and O–H groups in total. The fourth-order valence-electron chi connectivity index (χ4n) is 3.55. The Morgan fingerprint density at radius 2 is 2.29 bits per heavy atom. The molecule has 5 nitrogen and oxygen atoms in total. The van der Waals surface area contributed by atoms with Crippen LogP contribution < -0.4 is 5.56 Å². The molecule has 0 spiro atoms. The Kier molecular flexibility index (Phi) is 3.97. The van der Waals surface area contributed by atoms with Gasteiger partial charge in [-0.25, -0.2) is 4.99 Å². The van der Waals surface area contributed by atoms with Gasteiger partial charge in [0.1, 0.15) is 0 Å². The summed E-state index contributed by atoms with van der Waals surface area (Å²) in [5.74, 6) is 0.801. The summed E-state index contributed by atoms with van der Waals surface area (Å²) in [6.07, 6.45) is 1.76. The Labute approximate surface area is 149 Å². The molecule has 2 atom stereocenters. The number of aromatic nitrogens is 2. The van der Waals surface area contributed by atoms with Gasteiger partial charge in [0.25, 0.3) is 5.56 Å². The van der Waals surface area contributed by atoms with Crippen molar-refractivity contribution in [3.8, 4) is 0 Å². The summed E-state index contributed by atoms with van der Waals surface area (Å²) in [7, 11) is 0. The van der Waals surface area contributed by atoms with E-state index in [0.717, 1.165) is 29.3 Å². The minimum absolute atomic E-state index is 0.0192. The Hall–Kier alpha value is -1.31. The SMILES string of the molecule is CC1=Nc2c(c(=O)[nH]n2[C@@H]2CCOC(C)(C)C2)[C@H](c2ccsc2)S1. The van der Waals surface area contributed by atoms with Crippen LogP contribution in [-0.4, -0.2) is 27.0 Å². The number of aliphatic imine (C=N–C) groups is 1. The first-order valence-corrected chi connectivity index (χ1v) is 9.99. The van der Waals surface area contributed by atoms with Gasteiger partial charge in [-0.05, 0) is 56.0 Å². The molecule has 1 saturated heterocycles. The number of aromatic amines is 1. The zero-order chi connectivity index (χ0) is 16.9.